The van der Waals surface area contributed by atoms with Gasteiger partial charge in [-0.15, -0.1) is 0 Å². The van der Waals surface area contributed by atoms with Crippen LogP contribution in [0.15, 0.2) is 72.8 Å². The van der Waals surface area contributed by atoms with Crippen LogP contribution in [0.3, 0.4) is 0 Å². The molecule has 1 fully saturated rings. The van der Waals surface area contributed by atoms with Crippen LogP contribution in [0.5, 0.6) is 0 Å². The molecule has 4 rings (SSSR count). The van der Waals surface area contributed by atoms with Crippen molar-refractivity contribution >= 4 is 11.8 Å². The number of hydrogen-bond acceptors (Lipinski definition) is 7. The van der Waals surface area contributed by atoms with Crippen molar-refractivity contribution in [3.63, 3.8) is 0 Å². The number of nitrogens with one attached hydrogen (secondary N) is 2. The zero-order valence-electron chi connectivity index (χ0n) is 35.6. The van der Waals surface area contributed by atoms with E-state index in [1.54, 1.807) is 5.48 Å². The van der Waals surface area contributed by atoms with E-state index < -0.39 is 6.29 Å². The van der Waals surface area contributed by atoms with E-state index in [0.717, 1.165) is 78.7 Å². The van der Waals surface area contributed by atoms with Crippen LogP contribution in [0.1, 0.15) is 170 Å². The number of amides is 2. The van der Waals surface area contributed by atoms with Crippen molar-refractivity contribution in [1.82, 2.24) is 15.7 Å². The van der Waals surface area contributed by atoms with Gasteiger partial charge in [0, 0.05) is 37.9 Å². The van der Waals surface area contributed by atoms with Gasteiger partial charge < -0.3 is 24.8 Å². The molecule has 0 aliphatic carbocycles. The third-order valence-corrected chi connectivity index (χ3v) is 11.3. The molecule has 4 N–H and O–H groups in total. The third kappa shape index (κ3) is 17.7. The molecule has 2 amide bonds. The van der Waals surface area contributed by atoms with Gasteiger partial charge in [-0.25, -0.2) is 5.48 Å². The highest BCUT2D eigenvalue weighted by Crippen LogP contribution is 2.39. The Morgan fingerprint density at radius 3 is 1.86 bits per heavy atom. The maximum absolute atomic E-state index is 12.5. The summed E-state index contributed by atoms with van der Waals surface area (Å²) in [7, 11) is 0. The molecule has 0 bridgehead atoms. The molecule has 9 nitrogen and oxygen atoms in total. The first kappa shape index (κ1) is 47.1. The van der Waals surface area contributed by atoms with Crippen molar-refractivity contribution in [1.29, 1.82) is 0 Å². The first-order chi connectivity index (χ1) is 28.4. The molecule has 1 aliphatic rings. The van der Waals surface area contributed by atoms with Crippen LogP contribution in [0, 0.1) is 0 Å². The van der Waals surface area contributed by atoms with Crippen LogP contribution >= 0.6 is 0 Å². The van der Waals surface area contributed by atoms with E-state index in [-0.39, 0.29) is 30.6 Å². The fourth-order valence-corrected chi connectivity index (χ4v) is 7.81. The maximum Gasteiger partial charge on any atom is 0.243 e. The van der Waals surface area contributed by atoms with E-state index in [2.05, 4.69) is 72.6 Å². The van der Waals surface area contributed by atoms with Gasteiger partial charge in [0.25, 0.3) is 0 Å². The lowest BCUT2D eigenvalue weighted by atomic mass is 9.98. The number of rotatable bonds is 29. The molecule has 3 aromatic rings. The van der Waals surface area contributed by atoms with Gasteiger partial charge >= 0.3 is 0 Å². The summed E-state index contributed by atoms with van der Waals surface area (Å²) >= 11 is 0. The summed E-state index contributed by atoms with van der Waals surface area (Å²) in [5.41, 5.74) is 7.84. The first-order valence-electron chi connectivity index (χ1n) is 22.5. The number of hydroxylamine groups is 1. The first-order valence-corrected chi connectivity index (χ1v) is 22.5. The van der Waals surface area contributed by atoms with Crippen molar-refractivity contribution in [2.75, 3.05) is 19.6 Å². The molecular formula is C49H73N3O6. The quantitative estimate of drug-likeness (QED) is 0.0313. The highest BCUT2D eigenvalue weighted by atomic mass is 16.7. The van der Waals surface area contributed by atoms with Crippen LogP contribution in [-0.4, -0.2) is 52.8 Å². The molecule has 0 radical (unpaired) electrons. The second-order valence-corrected chi connectivity index (χ2v) is 16.2. The molecule has 3 aromatic carbocycles. The number of carbonyl (C=O) groups excluding carboxylic acids is 2. The number of ether oxygens (including phenoxy) is 2. The van der Waals surface area contributed by atoms with Crippen molar-refractivity contribution in [2.24, 2.45) is 0 Å². The molecule has 0 unspecified atom stereocenters. The lowest BCUT2D eigenvalue weighted by Gasteiger charge is -2.38. The molecule has 1 saturated heterocycles. The van der Waals surface area contributed by atoms with Crippen LogP contribution in [0.4, 0.5) is 0 Å². The molecule has 320 valence electrons. The summed E-state index contributed by atoms with van der Waals surface area (Å²) in [6.45, 7) is 8.13. The zero-order valence-corrected chi connectivity index (χ0v) is 35.6. The van der Waals surface area contributed by atoms with E-state index in [1.807, 2.05) is 24.3 Å². The minimum absolute atomic E-state index is 0.0178. The molecule has 58 heavy (non-hydrogen) atoms. The van der Waals surface area contributed by atoms with Gasteiger partial charge in [0.05, 0.1) is 18.8 Å². The van der Waals surface area contributed by atoms with Gasteiger partial charge in [0.15, 0.2) is 6.29 Å². The van der Waals surface area contributed by atoms with Crippen molar-refractivity contribution in [3.8, 4) is 11.1 Å². The standard InChI is InChI=1S/C49H73N3O6/c1-3-5-7-9-13-17-32-52(33-18-14-10-8-6-4-2)37-45-35-46(42-26-24-39(38-53)25-27-42)58-49(57-45)43-30-28-41(29-31-43)44-21-19-20-40(34-44)36-50-47(54)22-15-11-12-16-23-48(55)51-56/h19-21,24-31,34,45-46,49,53,56H,3-18,22-23,32-33,35-38H2,1-2H3,(H,50,54)(H,51,55)/t45-,46+,49+/m1/s1. The number of benzene rings is 3. The molecule has 3 atom stereocenters. The van der Waals surface area contributed by atoms with Crippen LogP contribution in [0.25, 0.3) is 11.1 Å². The lowest BCUT2D eigenvalue weighted by molar-refractivity contribution is -0.253. The summed E-state index contributed by atoms with van der Waals surface area (Å²) < 4.78 is 13.6. The number of nitrogens with zero attached hydrogens (tertiary/aromatic N) is 1. The van der Waals surface area contributed by atoms with Gasteiger partial charge in [-0.3, -0.25) is 14.8 Å². The maximum atomic E-state index is 12.5. The predicted molar refractivity (Wildman–Crippen MR) is 233 cm³/mol. The average molecular weight is 800 g/mol. The molecule has 1 aliphatic heterocycles. The highest BCUT2D eigenvalue weighted by Gasteiger charge is 2.33. The number of aliphatic hydroxyl groups excluding tert-OH is 1. The predicted octanol–water partition coefficient (Wildman–Crippen LogP) is 10.9. The summed E-state index contributed by atoms with van der Waals surface area (Å²) in [6, 6.07) is 24.9. The van der Waals surface area contributed by atoms with Crippen LogP contribution in [0.2, 0.25) is 0 Å². The van der Waals surface area contributed by atoms with E-state index in [9.17, 15) is 14.7 Å². The van der Waals surface area contributed by atoms with Crippen molar-refractivity contribution in [2.45, 2.75) is 167 Å². The highest BCUT2D eigenvalue weighted by molar-refractivity contribution is 5.76. The Bertz CT molecular complexity index is 1550. The Kier molecular flexibility index (Phi) is 22.7. The van der Waals surface area contributed by atoms with E-state index >= 15 is 0 Å². The number of unbranched alkanes of at least 4 members (excludes halogenated alkanes) is 13. The summed E-state index contributed by atoms with van der Waals surface area (Å²) in [5.74, 6) is -0.355. The van der Waals surface area contributed by atoms with Crippen LogP contribution < -0.4 is 10.8 Å². The van der Waals surface area contributed by atoms with Crippen molar-refractivity contribution < 1.29 is 29.4 Å². The molecule has 9 heteroatoms. The van der Waals surface area contributed by atoms with Gasteiger partial charge in [-0.05, 0) is 72.7 Å². The SMILES string of the molecule is CCCCCCCCN(CCCCCCCC)C[C@H]1C[C@@H](c2ccc(CO)cc2)O[C@@H](c2ccc(-c3cccc(CNC(=O)CCCCCCC(=O)NO)c3)cc2)O1. The van der Waals surface area contributed by atoms with Gasteiger partial charge in [0.1, 0.15) is 0 Å². The average Bonchev–Trinajstić information content (AvgIpc) is 3.26. The Labute approximate surface area is 349 Å². The normalized spacial score (nSPS) is 16.7. The molecule has 0 aromatic heterocycles. The number of aliphatic hydroxyl groups is 1. The fourth-order valence-electron chi connectivity index (χ4n) is 7.81. The largest absolute Gasteiger partial charge is 0.392 e. The summed E-state index contributed by atoms with van der Waals surface area (Å²) in [4.78, 5) is 26.3. The Balaban J connectivity index is 1.39. The van der Waals surface area contributed by atoms with Gasteiger partial charge in [0.2, 0.25) is 11.8 Å². The minimum Gasteiger partial charge on any atom is -0.392 e. The monoisotopic (exact) mass is 800 g/mol. The van der Waals surface area contributed by atoms with E-state index in [4.69, 9.17) is 14.7 Å². The smallest absolute Gasteiger partial charge is 0.243 e. The molecule has 1 heterocycles. The van der Waals surface area contributed by atoms with Crippen LogP contribution in [-0.2, 0) is 32.2 Å². The van der Waals surface area contributed by atoms with Gasteiger partial charge in [-0.1, -0.05) is 158 Å². The summed E-state index contributed by atoms with van der Waals surface area (Å²) in [6.07, 6.45) is 19.6. The Morgan fingerprint density at radius 1 is 0.655 bits per heavy atom. The van der Waals surface area contributed by atoms with E-state index in [1.165, 1.54) is 77.0 Å². The second kappa shape index (κ2) is 28.0. The zero-order chi connectivity index (χ0) is 41.2. The lowest BCUT2D eigenvalue weighted by Crippen LogP contribution is -2.40. The number of carbonyl (C=O) groups is 2. The fraction of sp³-hybridized carbons (Fsp3) is 0.592. The molecule has 0 saturated carbocycles. The third-order valence-electron chi connectivity index (χ3n) is 11.3. The Morgan fingerprint density at radius 2 is 1.24 bits per heavy atom. The Hall–Kier alpha value is -3.60. The topological polar surface area (TPSA) is 120 Å². The summed E-state index contributed by atoms with van der Waals surface area (Å²) in [5, 5.41) is 21.3. The van der Waals surface area contributed by atoms with Gasteiger partial charge in [-0.2, -0.15) is 0 Å². The molecule has 0 spiro atoms. The number of hydrogen-bond donors (Lipinski definition) is 4. The van der Waals surface area contributed by atoms with E-state index in [0.29, 0.717) is 25.8 Å². The molecular weight excluding hydrogens is 727 g/mol. The minimum atomic E-state index is -0.498. The van der Waals surface area contributed by atoms with Crippen molar-refractivity contribution in [3.05, 3.63) is 95.1 Å². The second-order valence-electron chi connectivity index (χ2n) is 16.2.